The molecule has 1 aliphatic heterocycles. The zero-order chi connectivity index (χ0) is 18.5. The number of hydrogen-bond acceptors (Lipinski definition) is 3. The van der Waals surface area contributed by atoms with Crippen LogP contribution in [0.4, 0.5) is 0 Å². The Morgan fingerprint density at radius 2 is 1.63 bits per heavy atom. The minimum Gasteiger partial charge on any atom is -0.350 e. The average molecular weight is 360 g/mol. The highest BCUT2D eigenvalue weighted by atomic mass is 16.2. The Bertz CT molecular complexity index is 966. The lowest BCUT2D eigenvalue weighted by Crippen LogP contribution is -2.41. The second kappa shape index (κ2) is 6.05. The van der Waals surface area contributed by atoms with Gasteiger partial charge in [0, 0.05) is 6.54 Å². The van der Waals surface area contributed by atoms with Crippen molar-refractivity contribution in [3.05, 3.63) is 60.2 Å². The molecule has 27 heavy (non-hydrogen) atoms. The normalized spacial score (nSPS) is 28.2. The molecule has 4 atom stereocenters. The molecule has 5 rings (SSSR count). The summed E-state index contributed by atoms with van der Waals surface area (Å²) in [5.74, 6) is -0.818. The van der Waals surface area contributed by atoms with Crippen molar-refractivity contribution in [2.24, 2.45) is 23.7 Å². The van der Waals surface area contributed by atoms with Crippen molar-refractivity contribution in [3.63, 3.8) is 0 Å². The highest BCUT2D eigenvalue weighted by Gasteiger charge is 2.59. The molecule has 0 radical (unpaired) electrons. The van der Waals surface area contributed by atoms with E-state index >= 15 is 0 Å². The number of carbonyl (C=O) groups excluding carboxylic acids is 3. The number of imide groups is 1. The first-order valence-corrected chi connectivity index (χ1v) is 9.40. The summed E-state index contributed by atoms with van der Waals surface area (Å²) in [6.07, 6.45) is 5.01. The van der Waals surface area contributed by atoms with E-state index in [-0.39, 0.29) is 47.9 Å². The molecule has 3 amide bonds. The van der Waals surface area contributed by atoms with Crippen LogP contribution in [0.15, 0.2) is 54.6 Å². The van der Waals surface area contributed by atoms with Crippen molar-refractivity contribution in [2.75, 3.05) is 6.54 Å². The summed E-state index contributed by atoms with van der Waals surface area (Å²) >= 11 is 0. The molecule has 0 aromatic heterocycles. The molecular weight excluding hydrogens is 340 g/mol. The van der Waals surface area contributed by atoms with E-state index in [2.05, 4.69) is 17.5 Å². The number of fused-ring (bicyclic) bond motifs is 6. The standard InChI is InChI=1S/C22H20N2O3/c25-18(23-11-13-5-6-14-3-1-2-4-15(14)9-13)12-24-21(26)19-16-7-8-17(10-16)20(19)22(24)27/h1-9,16-17,19-20H,10-12H2,(H,23,25)/t16-,17-,19-,20+/m0/s1. The maximum atomic E-state index is 12.6. The van der Waals surface area contributed by atoms with Gasteiger partial charge in [0.15, 0.2) is 0 Å². The van der Waals surface area contributed by atoms with Crippen molar-refractivity contribution < 1.29 is 14.4 Å². The van der Waals surface area contributed by atoms with Gasteiger partial charge in [-0.05, 0) is 40.7 Å². The van der Waals surface area contributed by atoms with Gasteiger partial charge < -0.3 is 5.32 Å². The molecule has 2 aromatic carbocycles. The Morgan fingerprint density at radius 3 is 2.33 bits per heavy atom. The van der Waals surface area contributed by atoms with E-state index in [4.69, 9.17) is 0 Å². The molecule has 3 aliphatic rings. The van der Waals surface area contributed by atoms with Crippen molar-refractivity contribution in [1.82, 2.24) is 10.2 Å². The van der Waals surface area contributed by atoms with E-state index in [1.54, 1.807) is 0 Å². The number of rotatable bonds is 4. The lowest BCUT2D eigenvalue weighted by atomic mass is 9.85. The van der Waals surface area contributed by atoms with Crippen LogP contribution < -0.4 is 5.32 Å². The quantitative estimate of drug-likeness (QED) is 0.672. The largest absolute Gasteiger partial charge is 0.350 e. The average Bonchev–Trinajstić information content (AvgIpc) is 3.36. The van der Waals surface area contributed by atoms with Gasteiger partial charge in [-0.3, -0.25) is 19.3 Å². The first-order chi connectivity index (χ1) is 13.1. The number of hydrogen-bond donors (Lipinski definition) is 1. The summed E-state index contributed by atoms with van der Waals surface area (Å²) in [5, 5.41) is 5.10. The lowest BCUT2D eigenvalue weighted by Gasteiger charge is -2.17. The van der Waals surface area contributed by atoms with E-state index in [0.29, 0.717) is 6.54 Å². The summed E-state index contributed by atoms with van der Waals surface area (Å²) in [6, 6.07) is 14.1. The Labute approximate surface area is 157 Å². The van der Waals surface area contributed by atoms with Gasteiger partial charge in [-0.2, -0.15) is 0 Å². The number of benzene rings is 2. The van der Waals surface area contributed by atoms with Crippen molar-refractivity contribution in [2.45, 2.75) is 13.0 Å². The van der Waals surface area contributed by atoms with E-state index in [1.807, 2.05) is 42.5 Å². The third-order valence-electron chi connectivity index (χ3n) is 6.17. The summed E-state index contributed by atoms with van der Waals surface area (Å²) in [5.41, 5.74) is 0.986. The number of carbonyl (C=O) groups is 3. The number of amides is 3. The SMILES string of the molecule is O=C(CN1C(=O)[C@@H]2[C@H](C1=O)[C@H]1C=C[C@H]2C1)NCc1ccc2ccccc2c1. The minimum absolute atomic E-state index is 0.169. The summed E-state index contributed by atoms with van der Waals surface area (Å²) < 4.78 is 0. The Kier molecular flexibility index (Phi) is 3.64. The molecule has 5 nitrogen and oxygen atoms in total. The summed E-state index contributed by atoms with van der Waals surface area (Å²) in [6.45, 7) is 0.192. The van der Waals surface area contributed by atoms with Crippen LogP contribution >= 0.6 is 0 Å². The number of nitrogens with one attached hydrogen (secondary N) is 1. The predicted octanol–water partition coefficient (Wildman–Crippen LogP) is 2.26. The van der Waals surface area contributed by atoms with E-state index in [9.17, 15) is 14.4 Å². The molecule has 0 spiro atoms. The lowest BCUT2D eigenvalue weighted by molar-refractivity contribution is -0.144. The van der Waals surface area contributed by atoms with Crippen molar-refractivity contribution >= 4 is 28.5 Å². The molecule has 1 heterocycles. The Hall–Kier alpha value is -2.95. The van der Waals surface area contributed by atoms with Crippen LogP contribution in [-0.2, 0) is 20.9 Å². The molecule has 1 saturated carbocycles. The fourth-order valence-corrected chi connectivity index (χ4v) is 4.87. The van der Waals surface area contributed by atoms with Crippen molar-refractivity contribution in [3.8, 4) is 0 Å². The first kappa shape index (κ1) is 16.2. The van der Waals surface area contributed by atoms with Crippen LogP contribution in [0.1, 0.15) is 12.0 Å². The molecule has 5 heteroatoms. The third kappa shape index (κ3) is 2.57. The highest BCUT2D eigenvalue weighted by Crippen LogP contribution is 2.52. The molecule has 2 bridgehead atoms. The number of likely N-dealkylation sites (tertiary alicyclic amines) is 1. The van der Waals surface area contributed by atoms with Crippen LogP contribution in [-0.4, -0.2) is 29.2 Å². The Balaban J connectivity index is 1.23. The molecular formula is C22H20N2O3. The molecule has 0 unspecified atom stereocenters. The van der Waals surface area contributed by atoms with E-state index in [0.717, 1.165) is 27.7 Å². The summed E-state index contributed by atoms with van der Waals surface area (Å²) in [4.78, 5) is 38.8. The van der Waals surface area contributed by atoms with Crippen LogP contribution in [0, 0.1) is 23.7 Å². The maximum Gasteiger partial charge on any atom is 0.240 e. The number of nitrogens with zero attached hydrogens (tertiary/aromatic N) is 1. The molecule has 2 aromatic rings. The third-order valence-corrected chi connectivity index (χ3v) is 6.17. The maximum absolute atomic E-state index is 12.6. The molecule has 1 N–H and O–H groups in total. The number of allylic oxidation sites excluding steroid dienone is 2. The van der Waals surface area contributed by atoms with Gasteiger partial charge >= 0.3 is 0 Å². The second-order valence-electron chi connectivity index (χ2n) is 7.72. The van der Waals surface area contributed by atoms with E-state index < -0.39 is 0 Å². The fourth-order valence-electron chi connectivity index (χ4n) is 4.87. The van der Waals surface area contributed by atoms with Gasteiger partial charge in [-0.1, -0.05) is 48.6 Å². The van der Waals surface area contributed by atoms with Gasteiger partial charge in [-0.25, -0.2) is 0 Å². The van der Waals surface area contributed by atoms with Crippen LogP contribution in [0.3, 0.4) is 0 Å². The predicted molar refractivity (Wildman–Crippen MR) is 100 cm³/mol. The van der Waals surface area contributed by atoms with Crippen LogP contribution in [0.5, 0.6) is 0 Å². The minimum atomic E-state index is -0.301. The molecule has 136 valence electrons. The van der Waals surface area contributed by atoms with Gasteiger partial charge in [0.05, 0.1) is 11.8 Å². The monoisotopic (exact) mass is 360 g/mol. The summed E-state index contributed by atoms with van der Waals surface area (Å²) in [7, 11) is 0. The smallest absolute Gasteiger partial charge is 0.240 e. The van der Waals surface area contributed by atoms with Crippen LogP contribution in [0.2, 0.25) is 0 Å². The van der Waals surface area contributed by atoms with Crippen molar-refractivity contribution in [1.29, 1.82) is 0 Å². The topological polar surface area (TPSA) is 66.5 Å². The zero-order valence-corrected chi connectivity index (χ0v) is 14.8. The molecule has 2 fully saturated rings. The zero-order valence-electron chi connectivity index (χ0n) is 14.8. The van der Waals surface area contributed by atoms with E-state index in [1.165, 1.54) is 0 Å². The van der Waals surface area contributed by atoms with Gasteiger partial charge in [0.25, 0.3) is 0 Å². The molecule has 1 saturated heterocycles. The van der Waals surface area contributed by atoms with Crippen LogP contribution in [0.25, 0.3) is 10.8 Å². The fraction of sp³-hybridized carbons (Fsp3) is 0.318. The van der Waals surface area contributed by atoms with Gasteiger partial charge in [-0.15, -0.1) is 0 Å². The highest BCUT2D eigenvalue weighted by molar-refractivity contribution is 6.08. The Morgan fingerprint density at radius 1 is 0.963 bits per heavy atom. The van der Waals surface area contributed by atoms with Gasteiger partial charge in [0.2, 0.25) is 17.7 Å². The molecule has 2 aliphatic carbocycles. The second-order valence-corrected chi connectivity index (χ2v) is 7.72. The first-order valence-electron chi connectivity index (χ1n) is 9.40. The van der Waals surface area contributed by atoms with Gasteiger partial charge in [0.1, 0.15) is 6.54 Å².